The number of pyridine rings is 1. The normalized spacial score (nSPS) is 14.6. The summed E-state index contributed by atoms with van der Waals surface area (Å²) in [6.07, 6.45) is 2.89. The molecule has 33 heavy (non-hydrogen) atoms. The number of carbonyl (C=O) groups is 1. The molecule has 0 unspecified atom stereocenters. The van der Waals surface area contributed by atoms with Crippen molar-refractivity contribution in [2.45, 2.75) is 25.4 Å². The van der Waals surface area contributed by atoms with Crippen LogP contribution >= 0.6 is 0 Å². The monoisotopic (exact) mass is 435 g/mol. The van der Waals surface area contributed by atoms with Crippen LogP contribution in [0.25, 0.3) is 21.9 Å². The number of aromatic nitrogens is 1. The zero-order valence-corrected chi connectivity index (χ0v) is 17.8. The Balaban J connectivity index is 1.50. The lowest BCUT2D eigenvalue weighted by Gasteiger charge is -2.19. The van der Waals surface area contributed by atoms with E-state index in [1.807, 2.05) is 18.2 Å². The molecule has 6 heteroatoms. The molecule has 1 aliphatic carbocycles. The summed E-state index contributed by atoms with van der Waals surface area (Å²) in [6, 6.07) is 21.6. The molecule has 1 heterocycles. The number of aryl methyl sites for hydroxylation is 1. The minimum atomic E-state index is -0.998. The fraction of sp³-hybridized carbons (Fsp3) is 0.148. The van der Waals surface area contributed by atoms with Crippen LogP contribution in [0.15, 0.2) is 66.9 Å². The maximum absolute atomic E-state index is 11.4. The van der Waals surface area contributed by atoms with Crippen LogP contribution in [0.2, 0.25) is 0 Å². The lowest BCUT2D eigenvalue weighted by atomic mass is 9.98. The number of ether oxygens (including phenoxy) is 1. The summed E-state index contributed by atoms with van der Waals surface area (Å²) in [5.41, 5.74) is 11.2. The first-order valence-electron chi connectivity index (χ1n) is 10.7. The molecule has 1 atom stereocenters. The fourth-order valence-electron chi connectivity index (χ4n) is 4.50. The first kappa shape index (κ1) is 20.5. The highest BCUT2D eigenvalue weighted by Gasteiger charge is 2.26. The summed E-state index contributed by atoms with van der Waals surface area (Å²) in [5.74, 6) is -0.0500. The number of nitrogens with two attached hydrogens (primary N) is 1. The van der Waals surface area contributed by atoms with Gasteiger partial charge in [-0.3, -0.25) is 4.79 Å². The molecule has 1 aliphatic rings. The van der Waals surface area contributed by atoms with Crippen molar-refractivity contribution in [3.8, 4) is 22.9 Å². The smallest absolute Gasteiger partial charge is 0.308 e. The summed E-state index contributed by atoms with van der Waals surface area (Å²) in [4.78, 5) is 15.6. The minimum absolute atomic E-state index is 0.214. The first-order chi connectivity index (χ1) is 16.0. The van der Waals surface area contributed by atoms with Gasteiger partial charge in [0.05, 0.1) is 18.1 Å². The molecule has 0 amide bonds. The van der Waals surface area contributed by atoms with E-state index < -0.39 is 5.97 Å². The number of nitriles is 1. The molecule has 3 aromatic carbocycles. The summed E-state index contributed by atoms with van der Waals surface area (Å²) in [7, 11) is 0. The number of nitrogens with zero attached hydrogens (tertiary/aromatic N) is 2. The van der Waals surface area contributed by atoms with E-state index in [-0.39, 0.29) is 12.5 Å². The number of anilines is 1. The van der Waals surface area contributed by atoms with Gasteiger partial charge in [-0.15, -0.1) is 0 Å². The lowest BCUT2D eigenvalue weighted by molar-refractivity contribution is -0.136. The quantitative estimate of drug-likeness (QED) is 0.454. The number of hydrogen-bond donors (Lipinski definition) is 2. The Morgan fingerprint density at radius 3 is 2.79 bits per heavy atom. The van der Waals surface area contributed by atoms with Gasteiger partial charge in [0.15, 0.2) is 0 Å². The third-order valence-electron chi connectivity index (χ3n) is 6.15. The lowest BCUT2D eigenvalue weighted by Crippen LogP contribution is -2.09. The Hall–Kier alpha value is -4.37. The van der Waals surface area contributed by atoms with E-state index in [0.717, 1.165) is 40.3 Å². The number of carboxylic acid groups (broad SMARTS) is 1. The number of fused-ring (bicyclic) bond motifs is 2. The molecule has 3 N–H and O–H groups in total. The van der Waals surface area contributed by atoms with E-state index in [4.69, 9.17) is 10.5 Å². The number of aliphatic carboxylic acids is 1. The summed E-state index contributed by atoms with van der Waals surface area (Å²) < 4.78 is 6.31. The number of rotatable bonds is 5. The largest absolute Gasteiger partial charge is 0.485 e. The van der Waals surface area contributed by atoms with E-state index in [1.165, 1.54) is 5.56 Å². The third-order valence-corrected chi connectivity index (χ3v) is 6.15. The molecule has 0 fully saturated rings. The average Bonchev–Trinajstić information content (AvgIpc) is 3.22. The second-order valence-electron chi connectivity index (χ2n) is 8.16. The maximum atomic E-state index is 11.4. The Morgan fingerprint density at radius 1 is 1.15 bits per heavy atom. The number of nitrogen functional groups attached to an aromatic ring is 1. The van der Waals surface area contributed by atoms with Crippen molar-refractivity contribution in [3.63, 3.8) is 0 Å². The number of hydrogen-bond acceptors (Lipinski definition) is 5. The van der Waals surface area contributed by atoms with Gasteiger partial charge in [-0.05, 0) is 70.8 Å². The first-order valence-corrected chi connectivity index (χ1v) is 10.7. The van der Waals surface area contributed by atoms with Crippen LogP contribution in [0, 0.1) is 11.3 Å². The average molecular weight is 435 g/mol. The number of benzene rings is 3. The van der Waals surface area contributed by atoms with Crippen LogP contribution in [0.4, 0.5) is 5.82 Å². The summed E-state index contributed by atoms with van der Waals surface area (Å²) in [6.45, 7) is 0. The predicted octanol–water partition coefficient (Wildman–Crippen LogP) is 5.05. The van der Waals surface area contributed by atoms with Gasteiger partial charge in [0.25, 0.3) is 0 Å². The van der Waals surface area contributed by atoms with Crippen molar-refractivity contribution in [1.82, 2.24) is 4.98 Å². The molecule has 0 saturated carbocycles. The third kappa shape index (κ3) is 3.85. The van der Waals surface area contributed by atoms with Gasteiger partial charge in [-0.25, -0.2) is 4.98 Å². The van der Waals surface area contributed by atoms with Crippen molar-refractivity contribution in [3.05, 3.63) is 89.1 Å². The van der Waals surface area contributed by atoms with Crippen LogP contribution in [-0.2, 0) is 17.6 Å². The Kier molecular flexibility index (Phi) is 5.15. The van der Waals surface area contributed by atoms with Crippen molar-refractivity contribution >= 4 is 22.6 Å². The molecule has 1 aromatic heterocycles. The van der Waals surface area contributed by atoms with Gasteiger partial charge >= 0.3 is 5.97 Å². The molecule has 0 bridgehead atoms. The van der Waals surface area contributed by atoms with E-state index in [1.54, 1.807) is 24.4 Å². The fourth-order valence-corrected chi connectivity index (χ4v) is 4.50. The highest BCUT2D eigenvalue weighted by Crippen LogP contribution is 2.39. The molecular formula is C27H21N3O3. The standard InChI is InChI=1S/C27H21N3O3/c28-15-20-2-1-3-24(22(20)14-26(31)32)33-25-9-8-16-4-6-18(12-21(16)25)19-7-5-17-10-11-30-27(29)23(17)13-19/h1-7,10-13,25H,8-9,14H2,(H2,29,30)(H,31,32)/t25-/m1/s1. The second-order valence-corrected chi connectivity index (χ2v) is 8.16. The highest BCUT2D eigenvalue weighted by molar-refractivity contribution is 5.94. The van der Waals surface area contributed by atoms with E-state index in [9.17, 15) is 15.2 Å². The molecule has 5 rings (SSSR count). The maximum Gasteiger partial charge on any atom is 0.308 e. The van der Waals surface area contributed by atoms with Crippen LogP contribution in [-0.4, -0.2) is 16.1 Å². The second kappa shape index (κ2) is 8.29. The molecular weight excluding hydrogens is 414 g/mol. The Bertz CT molecular complexity index is 1440. The van der Waals surface area contributed by atoms with Crippen LogP contribution in [0.1, 0.15) is 34.8 Å². The summed E-state index contributed by atoms with van der Waals surface area (Å²) in [5, 5.41) is 20.7. The van der Waals surface area contributed by atoms with Gasteiger partial charge in [-0.2, -0.15) is 5.26 Å². The molecule has 0 spiro atoms. The SMILES string of the molecule is N#Cc1cccc(O[C@@H]2CCc3ccc(-c4ccc5ccnc(N)c5c4)cc32)c1CC(=O)O. The molecule has 0 aliphatic heterocycles. The van der Waals surface area contributed by atoms with Crippen LogP contribution in [0.5, 0.6) is 5.75 Å². The predicted molar refractivity (Wildman–Crippen MR) is 126 cm³/mol. The highest BCUT2D eigenvalue weighted by atomic mass is 16.5. The zero-order valence-electron chi connectivity index (χ0n) is 17.8. The molecule has 162 valence electrons. The zero-order chi connectivity index (χ0) is 22.9. The topological polar surface area (TPSA) is 109 Å². The van der Waals surface area contributed by atoms with Crippen molar-refractivity contribution in [2.24, 2.45) is 0 Å². The van der Waals surface area contributed by atoms with Crippen LogP contribution in [0.3, 0.4) is 0 Å². The van der Waals surface area contributed by atoms with Gasteiger partial charge in [0.2, 0.25) is 0 Å². The minimum Gasteiger partial charge on any atom is -0.485 e. The van der Waals surface area contributed by atoms with Gasteiger partial charge in [0.1, 0.15) is 17.7 Å². The van der Waals surface area contributed by atoms with Gasteiger partial charge in [0, 0.05) is 17.1 Å². The Labute approximate surface area is 190 Å². The van der Waals surface area contributed by atoms with Crippen molar-refractivity contribution < 1.29 is 14.6 Å². The summed E-state index contributed by atoms with van der Waals surface area (Å²) >= 11 is 0. The van der Waals surface area contributed by atoms with Crippen molar-refractivity contribution in [2.75, 3.05) is 5.73 Å². The number of carboxylic acids is 1. The van der Waals surface area contributed by atoms with E-state index >= 15 is 0 Å². The van der Waals surface area contributed by atoms with Gasteiger partial charge < -0.3 is 15.6 Å². The van der Waals surface area contributed by atoms with Crippen LogP contribution < -0.4 is 10.5 Å². The molecule has 6 nitrogen and oxygen atoms in total. The van der Waals surface area contributed by atoms with E-state index in [2.05, 4.69) is 35.3 Å². The van der Waals surface area contributed by atoms with Gasteiger partial charge in [-0.1, -0.05) is 30.3 Å². The van der Waals surface area contributed by atoms with E-state index in [0.29, 0.717) is 22.7 Å². The molecule has 0 radical (unpaired) electrons. The Morgan fingerprint density at radius 2 is 1.97 bits per heavy atom. The molecule has 0 saturated heterocycles. The molecule has 4 aromatic rings. The van der Waals surface area contributed by atoms with Crippen molar-refractivity contribution in [1.29, 1.82) is 5.26 Å².